The van der Waals surface area contributed by atoms with Crippen molar-refractivity contribution < 1.29 is 8.91 Å². The SMILES string of the molecule is NCC1(c2nc(Cc3ccccc3F)no2)CCC1. The van der Waals surface area contributed by atoms with Gasteiger partial charge in [-0.2, -0.15) is 4.98 Å². The number of aromatic nitrogens is 2. The summed E-state index contributed by atoms with van der Waals surface area (Å²) in [6, 6.07) is 6.63. The van der Waals surface area contributed by atoms with Crippen LogP contribution in [0.2, 0.25) is 0 Å². The molecule has 19 heavy (non-hydrogen) atoms. The first-order chi connectivity index (χ1) is 9.23. The van der Waals surface area contributed by atoms with Crippen LogP contribution in [-0.2, 0) is 11.8 Å². The smallest absolute Gasteiger partial charge is 0.234 e. The van der Waals surface area contributed by atoms with E-state index < -0.39 is 0 Å². The van der Waals surface area contributed by atoms with E-state index in [-0.39, 0.29) is 11.2 Å². The standard InChI is InChI=1S/C14H16FN3O/c15-11-5-2-1-4-10(11)8-12-17-13(19-18-12)14(9-16)6-3-7-14/h1-2,4-5H,3,6-9,16H2. The van der Waals surface area contributed by atoms with Crippen molar-refractivity contribution in [3.63, 3.8) is 0 Å². The number of hydrogen-bond donors (Lipinski definition) is 1. The quantitative estimate of drug-likeness (QED) is 0.916. The van der Waals surface area contributed by atoms with E-state index in [1.165, 1.54) is 6.07 Å². The van der Waals surface area contributed by atoms with Gasteiger partial charge in [-0.05, 0) is 24.5 Å². The number of hydrogen-bond acceptors (Lipinski definition) is 4. The third-order valence-corrected chi connectivity index (χ3v) is 3.93. The van der Waals surface area contributed by atoms with Gasteiger partial charge in [0.1, 0.15) is 5.82 Å². The van der Waals surface area contributed by atoms with Crippen LogP contribution in [0.5, 0.6) is 0 Å². The van der Waals surface area contributed by atoms with Crippen LogP contribution in [0.25, 0.3) is 0 Å². The summed E-state index contributed by atoms with van der Waals surface area (Å²) in [5.41, 5.74) is 6.23. The van der Waals surface area contributed by atoms with Crippen LogP contribution in [0, 0.1) is 5.82 Å². The summed E-state index contributed by atoms with van der Waals surface area (Å²) in [5.74, 6) is 0.874. The van der Waals surface area contributed by atoms with Gasteiger partial charge in [-0.1, -0.05) is 29.8 Å². The molecule has 1 saturated carbocycles. The molecular weight excluding hydrogens is 245 g/mol. The van der Waals surface area contributed by atoms with Crippen molar-refractivity contribution in [3.8, 4) is 0 Å². The highest BCUT2D eigenvalue weighted by Crippen LogP contribution is 2.41. The Bertz CT molecular complexity index is 572. The molecule has 3 rings (SSSR count). The maximum atomic E-state index is 13.6. The maximum Gasteiger partial charge on any atom is 0.234 e. The zero-order valence-electron chi connectivity index (χ0n) is 10.6. The topological polar surface area (TPSA) is 64.9 Å². The molecule has 4 nitrogen and oxygen atoms in total. The highest BCUT2D eigenvalue weighted by Gasteiger charge is 2.42. The summed E-state index contributed by atoms with van der Waals surface area (Å²) in [6.07, 6.45) is 3.47. The van der Waals surface area contributed by atoms with Gasteiger partial charge in [0.05, 0.1) is 5.41 Å². The van der Waals surface area contributed by atoms with Gasteiger partial charge in [-0.3, -0.25) is 0 Å². The summed E-state index contributed by atoms with van der Waals surface area (Å²) in [7, 11) is 0. The molecule has 1 aliphatic carbocycles. The maximum absolute atomic E-state index is 13.6. The van der Waals surface area contributed by atoms with Crippen molar-refractivity contribution in [2.24, 2.45) is 5.73 Å². The summed E-state index contributed by atoms with van der Waals surface area (Å²) in [6.45, 7) is 0.522. The second kappa shape index (κ2) is 4.74. The Kier molecular flexibility index (Phi) is 3.06. The molecule has 0 saturated heterocycles. The second-order valence-corrected chi connectivity index (χ2v) is 5.12. The Morgan fingerprint density at radius 3 is 2.74 bits per heavy atom. The van der Waals surface area contributed by atoms with Crippen LogP contribution in [0.1, 0.15) is 36.5 Å². The fourth-order valence-corrected chi connectivity index (χ4v) is 2.46. The molecule has 0 bridgehead atoms. The lowest BCUT2D eigenvalue weighted by molar-refractivity contribution is 0.181. The molecule has 0 atom stereocenters. The molecule has 5 heteroatoms. The number of nitrogens with two attached hydrogens (primary N) is 1. The van der Waals surface area contributed by atoms with Gasteiger partial charge in [0.2, 0.25) is 5.89 Å². The average molecular weight is 261 g/mol. The Morgan fingerprint density at radius 1 is 1.32 bits per heavy atom. The zero-order chi connectivity index (χ0) is 13.3. The number of rotatable bonds is 4. The molecule has 0 amide bonds. The summed E-state index contributed by atoms with van der Waals surface area (Å²) < 4.78 is 18.9. The lowest BCUT2D eigenvalue weighted by atomic mass is 9.69. The minimum Gasteiger partial charge on any atom is -0.339 e. The molecule has 100 valence electrons. The van der Waals surface area contributed by atoms with Crippen LogP contribution in [0.15, 0.2) is 28.8 Å². The van der Waals surface area contributed by atoms with E-state index in [0.29, 0.717) is 30.2 Å². The van der Waals surface area contributed by atoms with E-state index >= 15 is 0 Å². The lowest BCUT2D eigenvalue weighted by Crippen LogP contribution is -2.41. The summed E-state index contributed by atoms with van der Waals surface area (Å²) in [5, 5.41) is 3.94. The van der Waals surface area contributed by atoms with E-state index in [1.807, 2.05) is 0 Å². The molecule has 0 aliphatic heterocycles. The first kappa shape index (κ1) is 12.3. The fourth-order valence-electron chi connectivity index (χ4n) is 2.46. The molecule has 2 aromatic rings. The van der Waals surface area contributed by atoms with Crippen molar-refractivity contribution >= 4 is 0 Å². The Morgan fingerprint density at radius 2 is 2.11 bits per heavy atom. The van der Waals surface area contributed by atoms with Gasteiger partial charge in [0.25, 0.3) is 0 Å². The van der Waals surface area contributed by atoms with Crippen molar-refractivity contribution in [1.29, 1.82) is 0 Å². The first-order valence-corrected chi connectivity index (χ1v) is 6.50. The third-order valence-electron chi connectivity index (χ3n) is 3.93. The molecule has 1 fully saturated rings. The molecular formula is C14H16FN3O. The van der Waals surface area contributed by atoms with Gasteiger partial charge in [0.15, 0.2) is 5.82 Å². The monoisotopic (exact) mass is 261 g/mol. The van der Waals surface area contributed by atoms with Gasteiger partial charge < -0.3 is 10.3 Å². The zero-order valence-corrected chi connectivity index (χ0v) is 10.6. The van der Waals surface area contributed by atoms with E-state index in [4.69, 9.17) is 10.3 Å². The molecule has 1 aliphatic rings. The average Bonchev–Trinajstić information content (AvgIpc) is 2.81. The largest absolute Gasteiger partial charge is 0.339 e. The predicted octanol–water partition coefficient (Wildman–Crippen LogP) is 2.18. The second-order valence-electron chi connectivity index (χ2n) is 5.12. The molecule has 1 aromatic heterocycles. The minimum absolute atomic E-state index is 0.138. The number of halogens is 1. The van der Waals surface area contributed by atoms with Crippen molar-refractivity contribution in [2.75, 3.05) is 6.54 Å². The van der Waals surface area contributed by atoms with Crippen molar-refractivity contribution in [3.05, 3.63) is 47.4 Å². The van der Waals surface area contributed by atoms with Gasteiger partial charge in [0, 0.05) is 13.0 Å². The molecule has 1 aromatic carbocycles. The molecule has 0 spiro atoms. The van der Waals surface area contributed by atoms with Crippen molar-refractivity contribution in [1.82, 2.24) is 10.1 Å². The molecule has 0 radical (unpaired) electrons. The molecule has 0 unspecified atom stereocenters. The highest BCUT2D eigenvalue weighted by molar-refractivity contribution is 5.21. The minimum atomic E-state index is -0.244. The van der Waals surface area contributed by atoms with E-state index in [1.54, 1.807) is 18.2 Å². The van der Waals surface area contributed by atoms with E-state index in [9.17, 15) is 4.39 Å². The number of nitrogens with zero attached hydrogens (tertiary/aromatic N) is 2. The first-order valence-electron chi connectivity index (χ1n) is 6.50. The molecule has 2 N–H and O–H groups in total. The van der Waals surface area contributed by atoms with Crippen LogP contribution < -0.4 is 5.73 Å². The van der Waals surface area contributed by atoms with E-state index in [0.717, 1.165) is 19.3 Å². The van der Waals surface area contributed by atoms with Crippen LogP contribution in [0.3, 0.4) is 0 Å². The summed E-state index contributed by atoms with van der Waals surface area (Å²) in [4.78, 5) is 4.39. The fraction of sp³-hybridized carbons (Fsp3) is 0.429. The van der Waals surface area contributed by atoms with Crippen LogP contribution in [-0.4, -0.2) is 16.7 Å². The van der Waals surface area contributed by atoms with E-state index in [2.05, 4.69) is 10.1 Å². The van der Waals surface area contributed by atoms with Crippen LogP contribution in [0.4, 0.5) is 4.39 Å². The molecule has 1 heterocycles. The Hall–Kier alpha value is -1.75. The lowest BCUT2D eigenvalue weighted by Gasteiger charge is -2.36. The predicted molar refractivity (Wildman–Crippen MR) is 68.1 cm³/mol. The normalized spacial score (nSPS) is 17.2. The van der Waals surface area contributed by atoms with Gasteiger partial charge >= 0.3 is 0 Å². The Labute approximate surface area is 110 Å². The van der Waals surface area contributed by atoms with Crippen molar-refractivity contribution in [2.45, 2.75) is 31.1 Å². The Balaban J connectivity index is 1.81. The number of benzene rings is 1. The third kappa shape index (κ3) is 2.14. The summed E-state index contributed by atoms with van der Waals surface area (Å²) >= 11 is 0. The highest BCUT2D eigenvalue weighted by atomic mass is 19.1. The van der Waals surface area contributed by atoms with Crippen LogP contribution >= 0.6 is 0 Å². The van der Waals surface area contributed by atoms with Gasteiger partial charge in [-0.15, -0.1) is 0 Å². The van der Waals surface area contributed by atoms with Gasteiger partial charge in [-0.25, -0.2) is 4.39 Å².